The largest absolute Gasteiger partial charge is 0.393 e. The highest BCUT2D eigenvalue weighted by atomic mass is 32.2. The first-order valence-corrected chi connectivity index (χ1v) is 8.66. The fraction of sp³-hybridized carbons (Fsp3) is 0.294. The van der Waals surface area contributed by atoms with Crippen LogP contribution in [0.15, 0.2) is 59.5 Å². The molecule has 2 aromatic rings. The minimum Gasteiger partial charge on any atom is -0.393 e. The van der Waals surface area contributed by atoms with E-state index in [-0.39, 0.29) is 11.4 Å². The van der Waals surface area contributed by atoms with Crippen molar-refractivity contribution in [3.63, 3.8) is 0 Å². The summed E-state index contributed by atoms with van der Waals surface area (Å²) in [4.78, 5) is 0.286. The van der Waals surface area contributed by atoms with Crippen molar-refractivity contribution in [1.29, 1.82) is 0 Å². The van der Waals surface area contributed by atoms with Crippen molar-refractivity contribution in [3.8, 4) is 11.1 Å². The molecule has 0 aliphatic carbocycles. The van der Waals surface area contributed by atoms with Gasteiger partial charge in [-0.15, -0.1) is 0 Å². The average Bonchev–Trinajstić information content (AvgIpc) is 2.53. The van der Waals surface area contributed by atoms with Gasteiger partial charge in [-0.1, -0.05) is 48.5 Å². The number of benzene rings is 2. The second-order valence-electron chi connectivity index (χ2n) is 5.33. The Labute approximate surface area is 132 Å². The quantitative estimate of drug-likeness (QED) is 0.890. The van der Waals surface area contributed by atoms with Crippen LogP contribution >= 0.6 is 0 Å². The standard InChI is InChI=1S/C17H21NO3S/c1-14(19)12-13-18(2)22(20,21)17-11-7-6-10-16(17)15-8-4-3-5-9-15/h3-11,14,19H,12-13H2,1-2H3. The minimum absolute atomic E-state index is 0.281. The molecule has 5 heteroatoms. The lowest BCUT2D eigenvalue weighted by molar-refractivity contribution is 0.177. The maximum atomic E-state index is 12.8. The van der Waals surface area contributed by atoms with Crippen LogP contribution in [0.4, 0.5) is 0 Å². The van der Waals surface area contributed by atoms with Gasteiger partial charge in [0, 0.05) is 19.2 Å². The zero-order valence-electron chi connectivity index (χ0n) is 12.8. The summed E-state index contributed by atoms with van der Waals surface area (Å²) in [5, 5.41) is 9.35. The molecule has 0 aromatic heterocycles. The van der Waals surface area contributed by atoms with Crippen molar-refractivity contribution in [3.05, 3.63) is 54.6 Å². The fourth-order valence-electron chi connectivity index (χ4n) is 2.20. The van der Waals surface area contributed by atoms with Crippen LogP contribution in [0, 0.1) is 0 Å². The molecular weight excluding hydrogens is 298 g/mol. The van der Waals surface area contributed by atoms with Gasteiger partial charge in [-0.2, -0.15) is 0 Å². The maximum absolute atomic E-state index is 12.8. The Bertz CT molecular complexity index is 712. The summed E-state index contributed by atoms with van der Waals surface area (Å²) in [6, 6.07) is 16.4. The predicted molar refractivity (Wildman–Crippen MR) is 88.0 cm³/mol. The SMILES string of the molecule is CC(O)CCN(C)S(=O)(=O)c1ccccc1-c1ccccc1. The van der Waals surface area contributed by atoms with E-state index in [1.165, 1.54) is 4.31 Å². The van der Waals surface area contributed by atoms with Gasteiger partial charge in [0.1, 0.15) is 0 Å². The van der Waals surface area contributed by atoms with E-state index in [9.17, 15) is 13.5 Å². The summed E-state index contributed by atoms with van der Waals surface area (Å²) >= 11 is 0. The third-order valence-electron chi connectivity index (χ3n) is 3.52. The highest BCUT2D eigenvalue weighted by molar-refractivity contribution is 7.89. The summed E-state index contributed by atoms with van der Waals surface area (Å²) in [6.07, 6.45) is -0.120. The van der Waals surface area contributed by atoms with Crippen LogP contribution in [0.3, 0.4) is 0 Å². The van der Waals surface area contributed by atoms with E-state index in [2.05, 4.69) is 0 Å². The summed E-state index contributed by atoms with van der Waals surface area (Å²) < 4.78 is 26.9. The third kappa shape index (κ3) is 3.74. The van der Waals surface area contributed by atoms with Gasteiger partial charge in [0.25, 0.3) is 0 Å². The molecule has 22 heavy (non-hydrogen) atoms. The van der Waals surface area contributed by atoms with Gasteiger partial charge < -0.3 is 5.11 Å². The third-order valence-corrected chi connectivity index (χ3v) is 5.44. The molecule has 1 N–H and O–H groups in total. The number of aliphatic hydroxyl groups excluding tert-OH is 1. The molecule has 0 spiro atoms. The van der Waals surface area contributed by atoms with E-state index in [1.807, 2.05) is 42.5 Å². The van der Waals surface area contributed by atoms with E-state index < -0.39 is 16.1 Å². The molecule has 0 heterocycles. The Morgan fingerprint density at radius 2 is 1.64 bits per heavy atom. The van der Waals surface area contributed by atoms with Crippen LogP contribution in [0.25, 0.3) is 11.1 Å². The number of rotatable bonds is 6. The number of nitrogens with zero attached hydrogens (tertiary/aromatic N) is 1. The Hall–Kier alpha value is -1.69. The topological polar surface area (TPSA) is 57.6 Å². The second-order valence-corrected chi connectivity index (χ2v) is 7.34. The fourth-order valence-corrected chi connectivity index (χ4v) is 3.60. The van der Waals surface area contributed by atoms with Crippen LogP contribution in [-0.4, -0.2) is 37.5 Å². The lowest BCUT2D eigenvalue weighted by atomic mass is 10.1. The van der Waals surface area contributed by atoms with Gasteiger partial charge in [-0.3, -0.25) is 0 Å². The van der Waals surface area contributed by atoms with Gasteiger partial charge in [-0.05, 0) is 25.0 Å². The Morgan fingerprint density at radius 1 is 1.05 bits per heavy atom. The summed E-state index contributed by atoms with van der Waals surface area (Å²) in [6.45, 7) is 1.93. The van der Waals surface area contributed by atoms with Crippen molar-refractivity contribution in [1.82, 2.24) is 4.31 Å². The Kier molecular flexibility index (Phi) is 5.34. The lowest BCUT2D eigenvalue weighted by Gasteiger charge is -2.20. The zero-order valence-corrected chi connectivity index (χ0v) is 13.6. The van der Waals surface area contributed by atoms with E-state index in [4.69, 9.17) is 0 Å². The molecule has 0 aliphatic heterocycles. The van der Waals surface area contributed by atoms with Crippen LogP contribution in [0.1, 0.15) is 13.3 Å². The molecule has 1 unspecified atom stereocenters. The summed E-state index contributed by atoms with van der Waals surface area (Å²) in [5.74, 6) is 0. The van der Waals surface area contributed by atoms with E-state index >= 15 is 0 Å². The molecule has 0 fully saturated rings. The molecule has 0 radical (unpaired) electrons. The maximum Gasteiger partial charge on any atom is 0.243 e. The number of hydrogen-bond acceptors (Lipinski definition) is 3. The molecule has 0 aliphatic rings. The van der Waals surface area contributed by atoms with E-state index in [0.717, 1.165) is 5.56 Å². The summed E-state index contributed by atoms with van der Waals surface area (Å²) in [5.41, 5.74) is 1.55. The highest BCUT2D eigenvalue weighted by Gasteiger charge is 2.24. The van der Waals surface area contributed by atoms with Gasteiger partial charge in [-0.25, -0.2) is 12.7 Å². The first-order valence-electron chi connectivity index (χ1n) is 7.22. The Morgan fingerprint density at radius 3 is 2.27 bits per heavy atom. The molecule has 0 amide bonds. The first-order chi connectivity index (χ1) is 10.4. The van der Waals surface area contributed by atoms with Crippen molar-refractivity contribution in [2.75, 3.05) is 13.6 Å². The van der Waals surface area contributed by atoms with Gasteiger partial charge >= 0.3 is 0 Å². The molecule has 118 valence electrons. The normalized spacial score (nSPS) is 13.3. The second kappa shape index (κ2) is 7.05. The predicted octanol–water partition coefficient (Wildman–Crippen LogP) is 2.75. The minimum atomic E-state index is -3.59. The van der Waals surface area contributed by atoms with Crippen molar-refractivity contribution in [2.24, 2.45) is 0 Å². The Balaban J connectivity index is 2.40. The van der Waals surface area contributed by atoms with E-state index in [0.29, 0.717) is 12.0 Å². The monoisotopic (exact) mass is 319 g/mol. The highest BCUT2D eigenvalue weighted by Crippen LogP contribution is 2.28. The summed E-state index contributed by atoms with van der Waals surface area (Å²) in [7, 11) is -2.05. The van der Waals surface area contributed by atoms with Crippen molar-refractivity contribution >= 4 is 10.0 Å². The van der Waals surface area contributed by atoms with Crippen molar-refractivity contribution < 1.29 is 13.5 Å². The molecule has 4 nitrogen and oxygen atoms in total. The number of sulfonamides is 1. The zero-order chi connectivity index (χ0) is 16.2. The molecule has 1 atom stereocenters. The average molecular weight is 319 g/mol. The molecule has 2 aromatic carbocycles. The van der Waals surface area contributed by atoms with Gasteiger partial charge in [0.05, 0.1) is 11.0 Å². The van der Waals surface area contributed by atoms with Gasteiger partial charge in [0.15, 0.2) is 0 Å². The molecule has 0 saturated heterocycles. The molecule has 2 rings (SSSR count). The smallest absolute Gasteiger partial charge is 0.243 e. The van der Waals surface area contributed by atoms with Crippen LogP contribution in [-0.2, 0) is 10.0 Å². The first kappa shape index (κ1) is 16.7. The van der Waals surface area contributed by atoms with E-state index in [1.54, 1.807) is 26.1 Å². The molecule has 0 saturated carbocycles. The van der Waals surface area contributed by atoms with Crippen LogP contribution in [0.2, 0.25) is 0 Å². The molecular formula is C17H21NO3S. The van der Waals surface area contributed by atoms with Crippen molar-refractivity contribution in [2.45, 2.75) is 24.3 Å². The molecule has 0 bridgehead atoms. The van der Waals surface area contributed by atoms with Crippen LogP contribution < -0.4 is 0 Å². The lowest BCUT2D eigenvalue weighted by Crippen LogP contribution is -2.30. The number of aliphatic hydroxyl groups is 1. The number of hydrogen-bond donors (Lipinski definition) is 1. The van der Waals surface area contributed by atoms with Gasteiger partial charge in [0.2, 0.25) is 10.0 Å². The van der Waals surface area contributed by atoms with Crippen LogP contribution in [0.5, 0.6) is 0 Å².